The fourth-order valence-electron chi connectivity index (χ4n) is 1.56. The third-order valence-electron chi connectivity index (χ3n) is 3.01. The number of hydrogen-bond donors (Lipinski definition) is 3. The van der Waals surface area contributed by atoms with Crippen LogP contribution in [0.4, 0.5) is 9.59 Å². The van der Waals surface area contributed by atoms with Gasteiger partial charge in [-0.1, -0.05) is 13.2 Å². The molecule has 10 heteroatoms. The van der Waals surface area contributed by atoms with Crippen molar-refractivity contribution in [3.63, 3.8) is 0 Å². The molecule has 3 N–H and O–H groups in total. The molecule has 3 amide bonds. The van der Waals surface area contributed by atoms with Crippen LogP contribution in [0.5, 0.6) is 0 Å². The van der Waals surface area contributed by atoms with Crippen LogP contribution in [0, 0.1) is 0 Å². The van der Waals surface area contributed by atoms with Crippen LogP contribution >= 0.6 is 0 Å². The maximum Gasteiger partial charge on any atom is 0.407 e. The quantitative estimate of drug-likeness (QED) is 0.182. The van der Waals surface area contributed by atoms with Crippen molar-refractivity contribution in [2.45, 2.75) is 26.7 Å². The monoisotopic (exact) mass is 399 g/mol. The second-order valence-corrected chi connectivity index (χ2v) is 5.78. The normalized spacial score (nSPS) is 9.64. The van der Waals surface area contributed by atoms with E-state index >= 15 is 0 Å². The van der Waals surface area contributed by atoms with E-state index in [2.05, 4.69) is 29.1 Å². The average Bonchev–Trinajstić information content (AvgIpc) is 2.64. The minimum Gasteiger partial charge on any atom is -0.462 e. The molecule has 0 aliphatic rings. The molecule has 0 aliphatic heterocycles. The predicted molar refractivity (Wildman–Crippen MR) is 102 cm³/mol. The van der Waals surface area contributed by atoms with E-state index in [1.165, 1.54) is 6.92 Å². The Kier molecular flexibility index (Phi) is 13.4. The maximum absolute atomic E-state index is 11.5. The Labute approximate surface area is 164 Å². The van der Waals surface area contributed by atoms with Crippen molar-refractivity contribution in [3.8, 4) is 0 Å². The van der Waals surface area contributed by atoms with Gasteiger partial charge in [0, 0.05) is 17.7 Å². The van der Waals surface area contributed by atoms with E-state index in [0.29, 0.717) is 25.0 Å². The average molecular weight is 399 g/mol. The van der Waals surface area contributed by atoms with Gasteiger partial charge in [0.25, 0.3) is 0 Å². The smallest absolute Gasteiger partial charge is 0.407 e. The van der Waals surface area contributed by atoms with E-state index in [1.54, 1.807) is 6.92 Å². The van der Waals surface area contributed by atoms with E-state index in [0.717, 1.165) is 0 Å². The van der Waals surface area contributed by atoms with E-state index < -0.39 is 24.1 Å². The minimum atomic E-state index is -0.604. The summed E-state index contributed by atoms with van der Waals surface area (Å²) in [6, 6.07) is -0.473. The number of nitrogens with one attached hydrogen (secondary N) is 3. The lowest BCUT2D eigenvalue weighted by Crippen LogP contribution is -2.39. The first kappa shape index (κ1) is 25.0. The molecule has 0 atom stereocenters. The number of alkyl carbamates (subject to hydrolysis) is 1. The molecule has 0 heterocycles. The molecular formula is C18H29N3O7. The highest BCUT2D eigenvalue weighted by Crippen LogP contribution is 1.95. The van der Waals surface area contributed by atoms with Crippen LogP contribution in [0.2, 0.25) is 0 Å². The number of ether oxygens (including phenoxy) is 3. The van der Waals surface area contributed by atoms with Gasteiger partial charge in [-0.2, -0.15) is 0 Å². The van der Waals surface area contributed by atoms with Gasteiger partial charge in [0.2, 0.25) is 0 Å². The molecule has 158 valence electrons. The zero-order valence-corrected chi connectivity index (χ0v) is 16.4. The molecule has 0 aliphatic carbocycles. The van der Waals surface area contributed by atoms with Crippen molar-refractivity contribution >= 4 is 24.1 Å². The lowest BCUT2D eigenvalue weighted by Gasteiger charge is -2.09. The van der Waals surface area contributed by atoms with Gasteiger partial charge >= 0.3 is 24.1 Å². The van der Waals surface area contributed by atoms with Gasteiger partial charge in [-0.15, -0.1) is 0 Å². The van der Waals surface area contributed by atoms with Gasteiger partial charge in [0.05, 0.1) is 19.7 Å². The van der Waals surface area contributed by atoms with E-state index in [4.69, 9.17) is 14.2 Å². The number of rotatable bonds is 13. The summed E-state index contributed by atoms with van der Waals surface area (Å²) in [5.74, 6) is -0.953. The summed E-state index contributed by atoms with van der Waals surface area (Å²) in [7, 11) is 0. The molecule has 0 saturated carbocycles. The summed E-state index contributed by atoms with van der Waals surface area (Å²) in [4.78, 5) is 45.1. The van der Waals surface area contributed by atoms with Crippen LogP contribution in [-0.4, -0.2) is 63.5 Å². The molecule has 0 aromatic heterocycles. The van der Waals surface area contributed by atoms with Gasteiger partial charge in [0.1, 0.15) is 13.2 Å². The predicted octanol–water partition coefficient (Wildman–Crippen LogP) is 1.03. The molecule has 0 saturated heterocycles. The number of hydrogen-bond acceptors (Lipinski definition) is 7. The van der Waals surface area contributed by atoms with Crippen LogP contribution in [0.1, 0.15) is 26.7 Å². The van der Waals surface area contributed by atoms with Crippen LogP contribution in [0.3, 0.4) is 0 Å². The topological polar surface area (TPSA) is 132 Å². The Morgan fingerprint density at radius 2 is 1.18 bits per heavy atom. The molecule has 0 fully saturated rings. The molecule has 0 unspecified atom stereocenters. The van der Waals surface area contributed by atoms with E-state index in [-0.39, 0.29) is 38.5 Å². The van der Waals surface area contributed by atoms with Crippen LogP contribution in [-0.2, 0) is 23.8 Å². The zero-order chi connectivity index (χ0) is 21.4. The fraction of sp³-hybridized carbons (Fsp3) is 0.556. The number of carbonyl (C=O) groups excluding carboxylic acids is 4. The van der Waals surface area contributed by atoms with Crippen molar-refractivity contribution in [1.82, 2.24) is 16.0 Å². The van der Waals surface area contributed by atoms with Gasteiger partial charge < -0.3 is 30.2 Å². The van der Waals surface area contributed by atoms with E-state index in [9.17, 15) is 19.2 Å². The number of carbonyl (C=O) groups is 4. The largest absolute Gasteiger partial charge is 0.462 e. The molecular weight excluding hydrogens is 370 g/mol. The van der Waals surface area contributed by atoms with Gasteiger partial charge in [-0.05, 0) is 26.7 Å². The number of unbranched alkanes of at least 4 members (excludes halogenated alkanes) is 1. The van der Waals surface area contributed by atoms with Crippen LogP contribution in [0.15, 0.2) is 24.3 Å². The second-order valence-electron chi connectivity index (χ2n) is 5.78. The van der Waals surface area contributed by atoms with Gasteiger partial charge in [-0.3, -0.25) is 0 Å². The summed E-state index contributed by atoms with van der Waals surface area (Å²) in [5, 5.41) is 7.50. The van der Waals surface area contributed by atoms with Crippen LogP contribution < -0.4 is 16.0 Å². The Bertz CT molecular complexity index is 576. The number of esters is 2. The molecule has 0 spiro atoms. The van der Waals surface area contributed by atoms with E-state index in [1.807, 2.05) is 0 Å². The maximum atomic E-state index is 11.5. The Hall–Kier alpha value is -3.04. The molecule has 0 aromatic carbocycles. The van der Waals surface area contributed by atoms with Gasteiger partial charge in [-0.25, -0.2) is 19.2 Å². The highest BCUT2D eigenvalue weighted by Gasteiger charge is 2.05. The SMILES string of the molecule is C=C(C)C(=O)OCCCCNC(=O)OCCNC(=O)NCCOC(=O)C(=C)C. The zero-order valence-electron chi connectivity index (χ0n) is 16.4. The highest BCUT2D eigenvalue weighted by atomic mass is 16.5. The molecule has 0 radical (unpaired) electrons. The van der Waals surface area contributed by atoms with Gasteiger partial charge in [0.15, 0.2) is 0 Å². The summed E-state index contributed by atoms with van der Waals surface area (Å²) < 4.78 is 14.6. The minimum absolute atomic E-state index is 0.000122. The lowest BCUT2D eigenvalue weighted by molar-refractivity contribution is -0.139. The third-order valence-corrected chi connectivity index (χ3v) is 3.01. The first-order chi connectivity index (χ1) is 13.2. The van der Waals surface area contributed by atoms with Crippen LogP contribution in [0.25, 0.3) is 0 Å². The highest BCUT2D eigenvalue weighted by molar-refractivity contribution is 5.87. The molecule has 28 heavy (non-hydrogen) atoms. The number of urea groups is 1. The second kappa shape index (κ2) is 15.1. The Morgan fingerprint density at radius 1 is 0.679 bits per heavy atom. The van der Waals surface area contributed by atoms with Crippen molar-refractivity contribution < 1.29 is 33.4 Å². The summed E-state index contributed by atoms with van der Waals surface area (Å²) >= 11 is 0. The first-order valence-corrected chi connectivity index (χ1v) is 8.81. The molecule has 0 rings (SSSR count). The Morgan fingerprint density at radius 3 is 1.71 bits per heavy atom. The van der Waals surface area contributed by atoms with Crippen molar-refractivity contribution in [2.24, 2.45) is 0 Å². The molecule has 0 bridgehead atoms. The van der Waals surface area contributed by atoms with Crippen molar-refractivity contribution in [2.75, 3.05) is 39.5 Å². The Balaban J connectivity index is 3.52. The summed E-state index contributed by atoms with van der Waals surface area (Å²) in [5.41, 5.74) is 0.626. The third kappa shape index (κ3) is 14.2. The lowest BCUT2D eigenvalue weighted by atomic mass is 10.3. The van der Waals surface area contributed by atoms with Crippen molar-refractivity contribution in [3.05, 3.63) is 24.3 Å². The summed E-state index contributed by atoms with van der Waals surface area (Å²) in [6.07, 6.45) is 0.616. The first-order valence-electron chi connectivity index (χ1n) is 8.81. The fourth-order valence-corrected chi connectivity index (χ4v) is 1.56. The summed E-state index contributed by atoms with van der Waals surface area (Å²) in [6.45, 7) is 10.9. The molecule has 0 aromatic rings. The number of amides is 3. The standard InChI is InChI=1S/C18H29N3O7/c1-13(2)15(22)26-10-6-5-7-21-18(25)28-12-9-20-17(24)19-8-11-27-16(23)14(3)4/h1,3,5-12H2,2,4H3,(H,21,25)(H2,19,20,24). The van der Waals surface area contributed by atoms with Crippen molar-refractivity contribution in [1.29, 1.82) is 0 Å². The molecule has 10 nitrogen and oxygen atoms in total.